The number of phenols is 1. The van der Waals surface area contributed by atoms with Gasteiger partial charge in [-0.1, -0.05) is 0 Å². The van der Waals surface area contributed by atoms with Gasteiger partial charge >= 0.3 is 0 Å². The van der Waals surface area contributed by atoms with E-state index in [0.29, 0.717) is 22.6 Å². The minimum absolute atomic E-state index is 0.0521. The molecule has 0 bridgehead atoms. The van der Waals surface area contributed by atoms with Gasteiger partial charge in [0, 0.05) is 30.0 Å². The highest BCUT2D eigenvalue weighted by Crippen LogP contribution is 2.32. The standard InChI is InChI=1S/C20H15N5O6/c1-31-20-11-17(25(29)30)7-8-18(20)21-12-13-10-15(4-9-19(13)26)23-22-14-2-5-16(6-3-14)24(27)28/h2-12,26H,1H3. The average Bonchev–Trinajstić information content (AvgIpc) is 2.77. The number of non-ortho nitro benzene ring substituents is 2. The minimum Gasteiger partial charge on any atom is -0.507 e. The Hall–Kier alpha value is -4.67. The van der Waals surface area contributed by atoms with Gasteiger partial charge in [0.15, 0.2) is 5.75 Å². The predicted molar refractivity (Wildman–Crippen MR) is 112 cm³/mol. The Balaban J connectivity index is 1.83. The van der Waals surface area contributed by atoms with Crippen LogP contribution in [0.4, 0.5) is 28.4 Å². The third-order valence-electron chi connectivity index (χ3n) is 4.07. The van der Waals surface area contributed by atoms with E-state index >= 15 is 0 Å². The first kappa shape index (κ1) is 21.0. The summed E-state index contributed by atoms with van der Waals surface area (Å²) < 4.78 is 5.13. The summed E-state index contributed by atoms with van der Waals surface area (Å²) in [6.07, 6.45) is 1.36. The van der Waals surface area contributed by atoms with Crippen molar-refractivity contribution in [3.8, 4) is 11.5 Å². The van der Waals surface area contributed by atoms with Crippen LogP contribution in [0.15, 0.2) is 75.9 Å². The van der Waals surface area contributed by atoms with Gasteiger partial charge in [-0.2, -0.15) is 10.2 Å². The van der Waals surface area contributed by atoms with Gasteiger partial charge in [-0.15, -0.1) is 0 Å². The first-order chi connectivity index (χ1) is 14.9. The van der Waals surface area contributed by atoms with Crippen molar-refractivity contribution in [1.29, 1.82) is 0 Å². The summed E-state index contributed by atoms with van der Waals surface area (Å²) in [6, 6.07) is 14.0. The number of methoxy groups -OCH3 is 1. The normalized spacial score (nSPS) is 11.1. The molecule has 0 aromatic heterocycles. The van der Waals surface area contributed by atoms with E-state index in [1.807, 2.05) is 0 Å². The molecular formula is C20H15N5O6. The van der Waals surface area contributed by atoms with Gasteiger partial charge in [-0.05, 0) is 36.4 Å². The molecule has 3 rings (SSSR count). The number of hydrogen-bond acceptors (Lipinski definition) is 9. The molecule has 11 nitrogen and oxygen atoms in total. The largest absolute Gasteiger partial charge is 0.507 e. The number of aromatic hydroxyl groups is 1. The first-order valence-corrected chi connectivity index (χ1v) is 8.73. The maximum Gasteiger partial charge on any atom is 0.273 e. The Morgan fingerprint density at radius 1 is 0.871 bits per heavy atom. The van der Waals surface area contributed by atoms with Crippen molar-refractivity contribution in [2.24, 2.45) is 15.2 Å². The van der Waals surface area contributed by atoms with E-state index in [4.69, 9.17) is 4.74 Å². The van der Waals surface area contributed by atoms with E-state index in [1.54, 1.807) is 0 Å². The topological polar surface area (TPSA) is 153 Å². The Labute approximate surface area is 175 Å². The number of nitro benzene ring substituents is 2. The third-order valence-corrected chi connectivity index (χ3v) is 4.07. The number of phenolic OH excluding ortho intramolecular Hbond substituents is 1. The number of nitrogens with zero attached hydrogens (tertiary/aromatic N) is 5. The molecule has 0 amide bonds. The number of hydrogen-bond donors (Lipinski definition) is 1. The van der Waals surface area contributed by atoms with Crippen LogP contribution in [-0.4, -0.2) is 28.3 Å². The molecular weight excluding hydrogens is 406 g/mol. The lowest BCUT2D eigenvalue weighted by Crippen LogP contribution is -1.90. The van der Waals surface area contributed by atoms with Crippen molar-refractivity contribution in [2.75, 3.05) is 7.11 Å². The maximum absolute atomic E-state index is 10.9. The van der Waals surface area contributed by atoms with Crippen LogP contribution < -0.4 is 4.74 Å². The highest BCUT2D eigenvalue weighted by atomic mass is 16.6. The molecule has 1 N–H and O–H groups in total. The van der Waals surface area contributed by atoms with Crippen molar-refractivity contribution in [3.63, 3.8) is 0 Å². The lowest BCUT2D eigenvalue weighted by Gasteiger charge is -2.04. The van der Waals surface area contributed by atoms with Gasteiger partial charge in [-0.25, -0.2) is 0 Å². The molecule has 0 saturated heterocycles. The van der Waals surface area contributed by atoms with E-state index < -0.39 is 9.85 Å². The van der Waals surface area contributed by atoms with Crippen LogP contribution in [0, 0.1) is 20.2 Å². The summed E-state index contributed by atoms with van der Waals surface area (Å²) in [6.45, 7) is 0. The number of aliphatic imine (C=N–C) groups is 1. The predicted octanol–water partition coefficient (Wildman–Crippen LogP) is 5.38. The number of benzene rings is 3. The number of azo groups is 1. The van der Waals surface area contributed by atoms with Crippen molar-refractivity contribution >= 4 is 34.7 Å². The summed E-state index contributed by atoms with van der Waals surface area (Å²) >= 11 is 0. The Kier molecular flexibility index (Phi) is 6.26. The zero-order valence-electron chi connectivity index (χ0n) is 16.1. The zero-order chi connectivity index (χ0) is 22.4. The van der Waals surface area contributed by atoms with E-state index in [0.717, 1.165) is 0 Å². The highest BCUT2D eigenvalue weighted by molar-refractivity contribution is 5.87. The van der Waals surface area contributed by atoms with Gasteiger partial charge in [0.2, 0.25) is 0 Å². The van der Waals surface area contributed by atoms with Gasteiger partial charge in [0.05, 0.1) is 34.4 Å². The van der Waals surface area contributed by atoms with Crippen LogP contribution in [0.2, 0.25) is 0 Å². The molecule has 3 aromatic rings. The molecule has 0 heterocycles. The van der Waals surface area contributed by atoms with Crippen molar-refractivity contribution in [3.05, 3.63) is 86.5 Å². The molecule has 31 heavy (non-hydrogen) atoms. The fourth-order valence-electron chi connectivity index (χ4n) is 2.49. The molecule has 0 aliphatic carbocycles. The molecule has 0 aliphatic rings. The molecule has 0 spiro atoms. The van der Waals surface area contributed by atoms with Gasteiger partial charge < -0.3 is 9.84 Å². The van der Waals surface area contributed by atoms with E-state index in [2.05, 4.69) is 15.2 Å². The van der Waals surface area contributed by atoms with Crippen LogP contribution in [0.3, 0.4) is 0 Å². The molecule has 3 aromatic carbocycles. The molecule has 0 atom stereocenters. The Bertz CT molecular complexity index is 1190. The summed E-state index contributed by atoms with van der Waals surface area (Å²) in [5.41, 5.74) is 1.32. The second-order valence-corrected chi connectivity index (χ2v) is 6.09. The van der Waals surface area contributed by atoms with Crippen LogP contribution >= 0.6 is 0 Å². The van der Waals surface area contributed by atoms with Crippen LogP contribution in [0.5, 0.6) is 11.5 Å². The fourth-order valence-corrected chi connectivity index (χ4v) is 2.49. The van der Waals surface area contributed by atoms with E-state index in [-0.39, 0.29) is 22.9 Å². The SMILES string of the molecule is COc1cc([N+](=O)[O-])ccc1N=Cc1cc(N=Nc2ccc([N+](=O)[O-])cc2)ccc1O. The molecule has 0 fully saturated rings. The molecule has 0 aliphatic heterocycles. The van der Waals surface area contributed by atoms with Gasteiger partial charge in [0.25, 0.3) is 11.4 Å². The lowest BCUT2D eigenvalue weighted by atomic mass is 10.2. The second-order valence-electron chi connectivity index (χ2n) is 6.09. The van der Waals surface area contributed by atoms with Crippen molar-refractivity contribution < 1.29 is 19.7 Å². The Morgan fingerprint density at radius 3 is 2.13 bits per heavy atom. The summed E-state index contributed by atoms with van der Waals surface area (Å²) in [7, 11) is 1.37. The number of nitro groups is 2. The molecule has 11 heteroatoms. The quantitative estimate of drug-likeness (QED) is 0.234. The van der Waals surface area contributed by atoms with Crippen molar-refractivity contribution in [1.82, 2.24) is 0 Å². The summed E-state index contributed by atoms with van der Waals surface area (Å²) in [5.74, 6) is 0.151. The zero-order valence-corrected chi connectivity index (χ0v) is 16.1. The Morgan fingerprint density at radius 2 is 1.48 bits per heavy atom. The van der Waals surface area contributed by atoms with E-state index in [9.17, 15) is 25.3 Å². The minimum atomic E-state index is -0.540. The third kappa shape index (κ3) is 5.23. The van der Waals surface area contributed by atoms with Gasteiger partial charge in [0.1, 0.15) is 11.4 Å². The maximum atomic E-state index is 10.9. The summed E-state index contributed by atoms with van der Waals surface area (Å²) in [5, 5.41) is 39.7. The molecule has 156 valence electrons. The second kappa shape index (κ2) is 9.22. The fraction of sp³-hybridized carbons (Fsp3) is 0.0500. The summed E-state index contributed by atoms with van der Waals surface area (Å²) in [4.78, 5) is 24.7. The van der Waals surface area contributed by atoms with Gasteiger partial charge in [-0.3, -0.25) is 25.2 Å². The van der Waals surface area contributed by atoms with Crippen LogP contribution in [0.1, 0.15) is 5.56 Å². The van der Waals surface area contributed by atoms with E-state index in [1.165, 1.54) is 74.0 Å². The molecule has 0 radical (unpaired) electrons. The molecule has 0 saturated carbocycles. The lowest BCUT2D eigenvalue weighted by molar-refractivity contribution is -0.385. The number of ether oxygens (including phenoxy) is 1. The molecule has 0 unspecified atom stereocenters. The van der Waals surface area contributed by atoms with Crippen molar-refractivity contribution in [2.45, 2.75) is 0 Å². The highest BCUT2D eigenvalue weighted by Gasteiger charge is 2.11. The smallest absolute Gasteiger partial charge is 0.273 e. The average molecular weight is 421 g/mol. The number of rotatable bonds is 7. The van der Waals surface area contributed by atoms with Crippen LogP contribution in [-0.2, 0) is 0 Å². The monoisotopic (exact) mass is 421 g/mol. The first-order valence-electron chi connectivity index (χ1n) is 8.73. The van der Waals surface area contributed by atoms with Crippen LogP contribution in [0.25, 0.3) is 0 Å².